The van der Waals surface area contributed by atoms with Crippen LogP contribution in [0.15, 0.2) is 0 Å². The van der Waals surface area contributed by atoms with E-state index in [2.05, 4.69) is 4.74 Å². The minimum Gasteiger partial charge on any atom is -0.437 e. The van der Waals surface area contributed by atoms with Crippen LogP contribution in [0.2, 0.25) is 0 Å². The maximum Gasteiger partial charge on any atom is 0.337 e. The lowest BCUT2D eigenvalue weighted by Crippen LogP contribution is -2.22. The Hall–Kier alpha value is -0.570. The number of carbonyl (C=O) groups is 1. The Morgan fingerprint density at radius 1 is 1.67 bits per heavy atom. The fourth-order valence-corrected chi connectivity index (χ4v) is 0.780. The molecule has 1 rings (SSSR count). The molecule has 0 aromatic rings. The van der Waals surface area contributed by atoms with Gasteiger partial charge in [0.15, 0.2) is 12.9 Å². The number of ether oxygens (including phenoxy) is 2. The molecule has 52 valence electrons. The molecular weight excluding hydrogens is 120 g/mol. The van der Waals surface area contributed by atoms with Crippen molar-refractivity contribution in [3.63, 3.8) is 0 Å². The second-order valence-electron chi connectivity index (χ2n) is 2.41. The molecule has 3 heteroatoms. The summed E-state index contributed by atoms with van der Waals surface area (Å²) >= 11 is 0. The van der Waals surface area contributed by atoms with Gasteiger partial charge >= 0.3 is 5.97 Å². The predicted octanol–water partition coefficient (Wildman–Crippen LogP) is 0.542. The Morgan fingerprint density at radius 3 is 2.56 bits per heavy atom. The molecule has 1 saturated heterocycles. The number of hydrogen-bond donors (Lipinski definition) is 0. The number of carbonyl (C=O) groups excluding carboxylic acids is 1. The van der Waals surface area contributed by atoms with Gasteiger partial charge in [0.25, 0.3) is 0 Å². The van der Waals surface area contributed by atoms with Crippen molar-refractivity contribution < 1.29 is 14.3 Å². The van der Waals surface area contributed by atoms with Crippen molar-refractivity contribution in [3.05, 3.63) is 0 Å². The van der Waals surface area contributed by atoms with Crippen LogP contribution < -0.4 is 0 Å². The van der Waals surface area contributed by atoms with Gasteiger partial charge in [-0.1, -0.05) is 13.8 Å². The van der Waals surface area contributed by atoms with Gasteiger partial charge in [-0.3, -0.25) is 0 Å². The molecule has 3 nitrogen and oxygen atoms in total. The number of hydrogen-bond acceptors (Lipinski definition) is 3. The Labute approximate surface area is 53.9 Å². The zero-order valence-electron chi connectivity index (χ0n) is 5.59. The van der Waals surface area contributed by atoms with Crippen LogP contribution >= 0.6 is 0 Å². The van der Waals surface area contributed by atoms with Crippen molar-refractivity contribution in [3.8, 4) is 0 Å². The SMILES string of the molecule is CC(C)C1OCOC1=O. The average molecular weight is 130 g/mol. The molecule has 1 aliphatic rings. The summed E-state index contributed by atoms with van der Waals surface area (Å²) < 4.78 is 9.52. The van der Waals surface area contributed by atoms with E-state index in [9.17, 15) is 4.79 Å². The molecule has 0 amide bonds. The largest absolute Gasteiger partial charge is 0.437 e. The van der Waals surface area contributed by atoms with Crippen molar-refractivity contribution in [2.24, 2.45) is 5.92 Å². The third-order valence-corrected chi connectivity index (χ3v) is 1.29. The van der Waals surface area contributed by atoms with Crippen LogP contribution in [0.1, 0.15) is 13.8 Å². The van der Waals surface area contributed by atoms with E-state index in [1.54, 1.807) is 0 Å². The van der Waals surface area contributed by atoms with Crippen LogP contribution in [0.5, 0.6) is 0 Å². The summed E-state index contributed by atoms with van der Waals surface area (Å²) in [5, 5.41) is 0. The molecular formula is C6H10O3. The van der Waals surface area contributed by atoms with Crippen LogP contribution in [0.25, 0.3) is 0 Å². The first-order chi connectivity index (χ1) is 4.22. The van der Waals surface area contributed by atoms with Crippen molar-refractivity contribution in [2.75, 3.05) is 6.79 Å². The van der Waals surface area contributed by atoms with Gasteiger partial charge < -0.3 is 9.47 Å². The van der Waals surface area contributed by atoms with Gasteiger partial charge in [0.2, 0.25) is 0 Å². The molecule has 0 saturated carbocycles. The topological polar surface area (TPSA) is 35.5 Å². The monoisotopic (exact) mass is 130 g/mol. The molecule has 0 spiro atoms. The van der Waals surface area contributed by atoms with Gasteiger partial charge in [-0.2, -0.15) is 0 Å². The van der Waals surface area contributed by atoms with Crippen molar-refractivity contribution in [2.45, 2.75) is 20.0 Å². The summed E-state index contributed by atoms with van der Waals surface area (Å²) in [6, 6.07) is 0. The number of cyclic esters (lactones) is 1. The van der Waals surface area contributed by atoms with E-state index < -0.39 is 0 Å². The summed E-state index contributed by atoms with van der Waals surface area (Å²) in [5.41, 5.74) is 0. The van der Waals surface area contributed by atoms with Crippen LogP contribution in [0.4, 0.5) is 0 Å². The lowest BCUT2D eigenvalue weighted by molar-refractivity contribution is -0.139. The van der Waals surface area contributed by atoms with Crippen LogP contribution in [0.3, 0.4) is 0 Å². The first-order valence-corrected chi connectivity index (χ1v) is 3.00. The second-order valence-corrected chi connectivity index (χ2v) is 2.41. The van der Waals surface area contributed by atoms with E-state index >= 15 is 0 Å². The van der Waals surface area contributed by atoms with Crippen LogP contribution in [-0.4, -0.2) is 18.9 Å². The molecule has 0 N–H and O–H groups in total. The predicted molar refractivity (Wildman–Crippen MR) is 30.7 cm³/mol. The van der Waals surface area contributed by atoms with Gasteiger partial charge in [0, 0.05) is 0 Å². The number of esters is 1. The van der Waals surface area contributed by atoms with Crippen molar-refractivity contribution >= 4 is 5.97 Å². The van der Waals surface area contributed by atoms with Crippen molar-refractivity contribution in [1.82, 2.24) is 0 Å². The Balaban J connectivity index is 2.49. The molecule has 0 bridgehead atoms. The summed E-state index contributed by atoms with van der Waals surface area (Å²) in [5.74, 6) is -0.00926. The zero-order valence-corrected chi connectivity index (χ0v) is 5.59. The molecule has 1 fully saturated rings. The quantitative estimate of drug-likeness (QED) is 0.486. The summed E-state index contributed by atoms with van der Waals surface area (Å²) in [6.07, 6.45) is -0.329. The normalized spacial score (nSPS) is 27.0. The van der Waals surface area contributed by atoms with Gasteiger partial charge in [-0.15, -0.1) is 0 Å². The molecule has 1 aliphatic heterocycles. The first-order valence-electron chi connectivity index (χ1n) is 3.00. The third-order valence-electron chi connectivity index (χ3n) is 1.29. The Morgan fingerprint density at radius 2 is 2.33 bits per heavy atom. The van der Waals surface area contributed by atoms with E-state index in [4.69, 9.17) is 4.74 Å². The molecule has 1 heterocycles. The Bertz CT molecular complexity index is 119. The zero-order chi connectivity index (χ0) is 6.85. The minimum atomic E-state index is -0.329. The van der Waals surface area contributed by atoms with E-state index in [1.807, 2.05) is 13.8 Å². The molecule has 1 atom stereocenters. The fraction of sp³-hybridized carbons (Fsp3) is 0.833. The first kappa shape index (κ1) is 6.55. The van der Waals surface area contributed by atoms with E-state index in [1.165, 1.54) is 0 Å². The third kappa shape index (κ3) is 1.21. The van der Waals surface area contributed by atoms with Crippen molar-refractivity contribution in [1.29, 1.82) is 0 Å². The van der Waals surface area contributed by atoms with E-state index in [0.29, 0.717) is 0 Å². The maximum absolute atomic E-state index is 10.7. The molecule has 9 heavy (non-hydrogen) atoms. The van der Waals surface area contributed by atoms with Gasteiger partial charge in [0.05, 0.1) is 0 Å². The lowest BCUT2D eigenvalue weighted by Gasteiger charge is -2.06. The van der Waals surface area contributed by atoms with Gasteiger partial charge in [-0.25, -0.2) is 4.79 Å². The molecule has 0 aromatic carbocycles. The highest BCUT2D eigenvalue weighted by Crippen LogP contribution is 2.13. The van der Waals surface area contributed by atoms with E-state index in [-0.39, 0.29) is 24.8 Å². The molecule has 1 unspecified atom stereocenters. The van der Waals surface area contributed by atoms with Gasteiger partial charge in [0.1, 0.15) is 0 Å². The van der Waals surface area contributed by atoms with E-state index in [0.717, 1.165) is 0 Å². The molecule has 0 aliphatic carbocycles. The molecule has 0 radical (unpaired) electrons. The summed E-state index contributed by atoms with van der Waals surface area (Å²) in [7, 11) is 0. The maximum atomic E-state index is 10.7. The van der Waals surface area contributed by atoms with Crippen LogP contribution in [0, 0.1) is 5.92 Å². The summed E-state index contributed by atoms with van der Waals surface area (Å²) in [4.78, 5) is 10.7. The average Bonchev–Trinajstić information content (AvgIpc) is 2.13. The highest BCUT2D eigenvalue weighted by atomic mass is 16.7. The highest BCUT2D eigenvalue weighted by Gasteiger charge is 2.29. The fourth-order valence-electron chi connectivity index (χ4n) is 0.780. The lowest BCUT2D eigenvalue weighted by atomic mass is 10.1. The smallest absolute Gasteiger partial charge is 0.337 e. The summed E-state index contributed by atoms with van der Waals surface area (Å²) in [6.45, 7) is 3.98. The number of rotatable bonds is 1. The van der Waals surface area contributed by atoms with Gasteiger partial charge in [-0.05, 0) is 5.92 Å². The standard InChI is InChI=1S/C6H10O3/c1-4(2)5-6(7)9-3-8-5/h4-5H,3H2,1-2H3. The van der Waals surface area contributed by atoms with Crippen LogP contribution in [-0.2, 0) is 14.3 Å². The molecule has 0 aromatic heterocycles. The minimum absolute atomic E-state index is 0.127. The second kappa shape index (κ2) is 2.35. The highest BCUT2D eigenvalue weighted by molar-refractivity contribution is 5.76. The Kier molecular flexibility index (Phi) is 1.71.